The summed E-state index contributed by atoms with van der Waals surface area (Å²) in [4.78, 5) is 39.0. The van der Waals surface area contributed by atoms with Crippen molar-refractivity contribution < 1.29 is 19.2 Å². The normalized spacial score (nSPS) is 21.1. The fourth-order valence-corrected chi connectivity index (χ4v) is 3.27. The Morgan fingerprint density at radius 1 is 1.52 bits per heavy atom. The summed E-state index contributed by atoms with van der Waals surface area (Å²) in [5.41, 5.74) is -0.210. The summed E-state index contributed by atoms with van der Waals surface area (Å²) in [7, 11) is 1.40. The first kappa shape index (κ1) is 17.2. The fraction of sp³-hybridized carbons (Fsp3) is 0.400. The summed E-state index contributed by atoms with van der Waals surface area (Å²) in [5.74, 6) is -0.436. The molecular formula is C15H16N4O5S. The van der Waals surface area contributed by atoms with Crippen LogP contribution in [0.5, 0.6) is 5.75 Å². The van der Waals surface area contributed by atoms with Crippen LogP contribution in [0.15, 0.2) is 23.2 Å². The van der Waals surface area contributed by atoms with Crippen molar-refractivity contribution in [1.29, 1.82) is 0 Å². The number of rotatable bonds is 6. The SMILES string of the molecule is COc1ccc(NC(=O)C[C@@H]2SC(=NC3CC3)NC2=O)c([N+](=O)[O-])c1. The van der Waals surface area contributed by atoms with E-state index in [1.54, 1.807) is 0 Å². The fourth-order valence-electron chi connectivity index (χ4n) is 2.23. The molecule has 0 bridgehead atoms. The van der Waals surface area contributed by atoms with Crippen molar-refractivity contribution in [2.45, 2.75) is 30.6 Å². The maximum Gasteiger partial charge on any atom is 0.296 e. The molecule has 25 heavy (non-hydrogen) atoms. The number of carbonyl (C=O) groups is 2. The molecule has 1 aromatic carbocycles. The van der Waals surface area contributed by atoms with E-state index in [9.17, 15) is 19.7 Å². The summed E-state index contributed by atoms with van der Waals surface area (Å²) >= 11 is 1.22. The van der Waals surface area contributed by atoms with E-state index in [0.717, 1.165) is 12.8 Å². The van der Waals surface area contributed by atoms with Crippen LogP contribution in [0.1, 0.15) is 19.3 Å². The molecule has 1 saturated heterocycles. The molecule has 0 unspecified atom stereocenters. The van der Waals surface area contributed by atoms with E-state index < -0.39 is 16.1 Å². The molecule has 2 fully saturated rings. The average molecular weight is 364 g/mol. The third-order valence-electron chi connectivity index (χ3n) is 3.67. The van der Waals surface area contributed by atoms with Crippen molar-refractivity contribution >= 4 is 40.1 Å². The number of aliphatic imine (C=N–C) groups is 1. The van der Waals surface area contributed by atoms with Crippen LogP contribution >= 0.6 is 11.8 Å². The lowest BCUT2D eigenvalue weighted by atomic mass is 10.2. The predicted octanol–water partition coefficient (Wildman–Crippen LogP) is 1.68. The number of carbonyl (C=O) groups excluding carboxylic acids is 2. The van der Waals surface area contributed by atoms with Crippen molar-refractivity contribution in [2.24, 2.45) is 4.99 Å². The number of anilines is 1. The number of hydrogen-bond donors (Lipinski definition) is 2. The maximum absolute atomic E-state index is 12.2. The predicted molar refractivity (Wildman–Crippen MR) is 92.9 cm³/mol. The second kappa shape index (κ2) is 7.09. The van der Waals surface area contributed by atoms with Crippen molar-refractivity contribution in [3.05, 3.63) is 28.3 Å². The molecule has 1 atom stereocenters. The molecule has 1 saturated carbocycles. The summed E-state index contributed by atoms with van der Waals surface area (Å²) in [6.07, 6.45) is 1.95. The number of amides is 2. The molecule has 2 amide bonds. The number of ether oxygens (including phenoxy) is 1. The van der Waals surface area contributed by atoms with Crippen molar-refractivity contribution in [2.75, 3.05) is 12.4 Å². The first-order chi connectivity index (χ1) is 12.0. The van der Waals surface area contributed by atoms with Crippen LogP contribution in [0.4, 0.5) is 11.4 Å². The lowest BCUT2D eigenvalue weighted by molar-refractivity contribution is -0.384. The summed E-state index contributed by atoms with van der Waals surface area (Å²) < 4.78 is 4.95. The summed E-state index contributed by atoms with van der Waals surface area (Å²) in [6.45, 7) is 0. The Bertz CT molecular complexity index is 762. The first-order valence-electron chi connectivity index (χ1n) is 7.64. The van der Waals surface area contributed by atoms with E-state index in [4.69, 9.17) is 4.74 Å². The number of nitro groups is 1. The van der Waals surface area contributed by atoms with Gasteiger partial charge in [0.2, 0.25) is 11.8 Å². The van der Waals surface area contributed by atoms with Gasteiger partial charge >= 0.3 is 0 Å². The number of nitrogens with zero attached hydrogens (tertiary/aromatic N) is 2. The van der Waals surface area contributed by atoms with Crippen LogP contribution in [0.3, 0.4) is 0 Å². The Labute approximate surface area is 147 Å². The quantitative estimate of drug-likeness (QED) is 0.585. The van der Waals surface area contributed by atoms with Gasteiger partial charge < -0.3 is 15.4 Å². The second-order valence-corrected chi connectivity index (χ2v) is 6.85. The molecule has 1 aliphatic carbocycles. The Hall–Kier alpha value is -2.62. The maximum atomic E-state index is 12.2. The van der Waals surface area contributed by atoms with Gasteiger partial charge in [0.25, 0.3) is 5.69 Å². The van der Waals surface area contributed by atoms with Crippen LogP contribution in [-0.4, -0.2) is 40.3 Å². The zero-order valence-corrected chi connectivity index (χ0v) is 14.2. The first-order valence-corrected chi connectivity index (χ1v) is 8.52. The largest absolute Gasteiger partial charge is 0.496 e. The van der Waals surface area contributed by atoms with Gasteiger partial charge in [-0.25, -0.2) is 0 Å². The van der Waals surface area contributed by atoms with E-state index >= 15 is 0 Å². The van der Waals surface area contributed by atoms with Gasteiger partial charge in [0, 0.05) is 6.42 Å². The molecular weight excluding hydrogens is 348 g/mol. The van der Waals surface area contributed by atoms with Crippen LogP contribution in [0, 0.1) is 10.1 Å². The van der Waals surface area contributed by atoms with Gasteiger partial charge in [-0.2, -0.15) is 0 Å². The molecule has 2 aliphatic rings. The number of thioether (sulfide) groups is 1. The van der Waals surface area contributed by atoms with Crippen molar-refractivity contribution in [3.63, 3.8) is 0 Å². The number of benzene rings is 1. The Kier molecular flexibility index (Phi) is 4.88. The molecule has 3 rings (SSSR count). The molecule has 10 heteroatoms. The highest BCUT2D eigenvalue weighted by Gasteiger charge is 2.34. The molecule has 0 spiro atoms. The van der Waals surface area contributed by atoms with Crippen LogP contribution in [0.25, 0.3) is 0 Å². The third kappa shape index (κ3) is 4.27. The molecule has 2 N–H and O–H groups in total. The van der Waals surface area contributed by atoms with Gasteiger partial charge in [0.15, 0.2) is 5.17 Å². The van der Waals surface area contributed by atoms with Gasteiger partial charge in [-0.15, -0.1) is 0 Å². The molecule has 9 nitrogen and oxygen atoms in total. The summed E-state index contributed by atoms with van der Waals surface area (Å²) in [5, 5.41) is 16.2. The third-order valence-corrected chi connectivity index (χ3v) is 4.77. The monoisotopic (exact) mass is 364 g/mol. The van der Waals surface area contributed by atoms with Gasteiger partial charge in [0.1, 0.15) is 16.7 Å². The van der Waals surface area contributed by atoms with Gasteiger partial charge in [0.05, 0.1) is 24.1 Å². The highest BCUT2D eigenvalue weighted by molar-refractivity contribution is 8.15. The van der Waals surface area contributed by atoms with E-state index in [2.05, 4.69) is 15.6 Å². The minimum atomic E-state index is -0.602. The highest BCUT2D eigenvalue weighted by Crippen LogP contribution is 2.31. The molecule has 1 heterocycles. The minimum Gasteiger partial charge on any atom is -0.496 e. The van der Waals surface area contributed by atoms with E-state index in [0.29, 0.717) is 10.9 Å². The molecule has 1 aromatic rings. The van der Waals surface area contributed by atoms with E-state index in [1.165, 1.54) is 37.1 Å². The molecule has 0 radical (unpaired) electrons. The number of amidine groups is 1. The van der Waals surface area contributed by atoms with E-state index in [-0.39, 0.29) is 29.7 Å². The zero-order chi connectivity index (χ0) is 18.0. The van der Waals surface area contributed by atoms with E-state index in [1.807, 2.05) is 0 Å². The molecule has 132 valence electrons. The number of nitro benzene ring substituents is 1. The Morgan fingerprint density at radius 3 is 2.92 bits per heavy atom. The Morgan fingerprint density at radius 2 is 2.28 bits per heavy atom. The standard InChI is InChI=1S/C15H16N4O5S/c1-24-9-4-5-10(11(6-9)19(22)23)17-13(20)7-12-14(21)18-15(25-12)16-8-2-3-8/h4-6,8,12H,2-3,7H2,1H3,(H,17,20)(H,16,18,21)/t12-/m0/s1. The van der Waals surface area contributed by atoms with Crippen molar-refractivity contribution in [1.82, 2.24) is 5.32 Å². The highest BCUT2D eigenvalue weighted by atomic mass is 32.2. The second-order valence-electron chi connectivity index (χ2n) is 5.65. The number of nitrogens with one attached hydrogen (secondary N) is 2. The van der Waals surface area contributed by atoms with Gasteiger partial charge in [-0.05, 0) is 25.0 Å². The van der Waals surface area contributed by atoms with Gasteiger partial charge in [-0.1, -0.05) is 11.8 Å². The van der Waals surface area contributed by atoms with Crippen LogP contribution in [0.2, 0.25) is 0 Å². The van der Waals surface area contributed by atoms with Crippen LogP contribution in [-0.2, 0) is 9.59 Å². The zero-order valence-electron chi connectivity index (χ0n) is 13.4. The average Bonchev–Trinajstić information content (AvgIpc) is 3.31. The molecule has 0 aromatic heterocycles. The lowest BCUT2D eigenvalue weighted by Crippen LogP contribution is -2.28. The Balaban J connectivity index is 1.64. The van der Waals surface area contributed by atoms with Crippen molar-refractivity contribution in [3.8, 4) is 5.75 Å². The smallest absolute Gasteiger partial charge is 0.296 e. The summed E-state index contributed by atoms with van der Waals surface area (Å²) in [6, 6.07) is 4.42. The van der Waals surface area contributed by atoms with Crippen LogP contribution < -0.4 is 15.4 Å². The number of methoxy groups -OCH3 is 1. The lowest BCUT2D eigenvalue weighted by Gasteiger charge is -2.09. The minimum absolute atomic E-state index is 0.0612. The van der Waals surface area contributed by atoms with Gasteiger partial charge in [-0.3, -0.25) is 24.7 Å². The topological polar surface area (TPSA) is 123 Å². The molecule has 1 aliphatic heterocycles. The number of hydrogen-bond acceptors (Lipinski definition) is 7.